The van der Waals surface area contributed by atoms with Gasteiger partial charge in [-0.2, -0.15) is 0 Å². The van der Waals surface area contributed by atoms with Crippen molar-refractivity contribution in [3.8, 4) is 18.1 Å². The van der Waals surface area contributed by atoms with E-state index in [9.17, 15) is 4.79 Å². The number of rotatable bonds is 5. The minimum atomic E-state index is -0.586. The van der Waals surface area contributed by atoms with E-state index in [1.54, 1.807) is 21.0 Å². The molecule has 1 aromatic rings. The van der Waals surface area contributed by atoms with Crippen molar-refractivity contribution in [2.45, 2.75) is 32.2 Å². The lowest BCUT2D eigenvalue weighted by atomic mass is 10.1. The van der Waals surface area contributed by atoms with Crippen molar-refractivity contribution >= 4 is 5.91 Å². The van der Waals surface area contributed by atoms with Crippen LogP contribution in [-0.4, -0.2) is 18.6 Å². The molecule has 3 nitrogen and oxygen atoms in total. The van der Waals surface area contributed by atoms with E-state index >= 15 is 0 Å². The maximum Gasteiger partial charge on any atom is 0.221 e. The van der Waals surface area contributed by atoms with Crippen LogP contribution in [0.3, 0.4) is 0 Å². The van der Waals surface area contributed by atoms with Gasteiger partial charge in [0.1, 0.15) is 5.75 Å². The molecule has 0 aliphatic heterocycles. The number of benzene rings is 1. The lowest BCUT2D eigenvalue weighted by Gasteiger charge is -2.19. The molecule has 18 heavy (non-hydrogen) atoms. The highest BCUT2D eigenvalue weighted by Gasteiger charge is 2.16. The molecule has 0 aliphatic carbocycles. The summed E-state index contributed by atoms with van der Waals surface area (Å²) in [4.78, 5) is 11.7. The van der Waals surface area contributed by atoms with Crippen molar-refractivity contribution in [3.63, 3.8) is 0 Å². The Hall–Kier alpha value is -1.95. The largest absolute Gasteiger partial charge is 0.497 e. The van der Waals surface area contributed by atoms with Gasteiger partial charge in [0.15, 0.2) is 0 Å². The molecule has 1 aromatic carbocycles. The zero-order chi connectivity index (χ0) is 13.6. The Morgan fingerprint density at radius 1 is 1.39 bits per heavy atom. The molecule has 0 heterocycles. The highest BCUT2D eigenvalue weighted by molar-refractivity contribution is 5.77. The third-order valence-corrected chi connectivity index (χ3v) is 2.61. The molecule has 96 valence electrons. The second-order valence-electron chi connectivity index (χ2n) is 4.67. The van der Waals surface area contributed by atoms with Crippen LogP contribution in [0.4, 0.5) is 0 Å². The van der Waals surface area contributed by atoms with E-state index in [0.717, 1.165) is 11.3 Å². The van der Waals surface area contributed by atoms with E-state index in [1.807, 2.05) is 24.3 Å². The minimum Gasteiger partial charge on any atom is -0.497 e. The lowest BCUT2D eigenvalue weighted by molar-refractivity contribution is -0.122. The van der Waals surface area contributed by atoms with Crippen molar-refractivity contribution in [1.29, 1.82) is 0 Å². The van der Waals surface area contributed by atoms with E-state index in [2.05, 4.69) is 11.2 Å². The van der Waals surface area contributed by atoms with Crippen molar-refractivity contribution in [3.05, 3.63) is 29.8 Å². The number of hydrogen-bond acceptors (Lipinski definition) is 2. The average molecular weight is 245 g/mol. The molecule has 1 N–H and O–H groups in total. The van der Waals surface area contributed by atoms with Gasteiger partial charge in [0.2, 0.25) is 5.91 Å². The van der Waals surface area contributed by atoms with E-state index in [1.165, 1.54) is 0 Å². The van der Waals surface area contributed by atoms with Crippen LogP contribution < -0.4 is 10.1 Å². The molecule has 0 aromatic heterocycles. The molecular weight excluding hydrogens is 226 g/mol. The van der Waals surface area contributed by atoms with Crippen LogP contribution in [0.5, 0.6) is 5.75 Å². The van der Waals surface area contributed by atoms with Crippen LogP contribution >= 0.6 is 0 Å². The van der Waals surface area contributed by atoms with Crippen molar-refractivity contribution in [1.82, 2.24) is 5.32 Å². The first-order valence-electron chi connectivity index (χ1n) is 5.88. The smallest absolute Gasteiger partial charge is 0.221 e. The Labute approximate surface area is 109 Å². The zero-order valence-corrected chi connectivity index (χ0v) is 11.1. The molecule has 0 fully saturated rings. The summed E-state index contributed by atoms with van der Waals surface area (Å²) in [6.45, 7) is 3.61. The molecular formula is C15H19NO2. The normalized spacial score (nSPS) is 10.6. The first-order valence-corrected chi connectivity index (χ1v) is 5.88. The van der Waals surface area contributed by atoms with Gasteiger partial charge in [0.05, 0.1) is 12.6 Å². The first kappa shape index (κ1) is 14.1. The highest BCUT2D eigenvalue weighted by Crippen LogP contribution is 2.12. The molecule has 0 saturated carbocycles. The van der Waals surface area contributed by atoms with Crippen LogP contribution in [0.15, 0.2) is 24.3 Å². The molecule has 3 heteroatoms. The average Bonchev–Trinajstić information content (AvgIpc) is 2.36. The maximum absolute atomic E-state index is 11.7. The van der Waals surface area contributed by atoms with Gasteiger partial charge in [-0.1, -0.05) is 18.1 Å². The molecule has 1 rings (SSSR count). The van der Waals surface area contributed by atoms with Crippen LogP contribution in [-0.2, 0) is 11.2 Å². The first-order chi connectivity index (χ1) is 8.46. The SMILES string of the molecule is C#CC(C)(C)NC(=O)CCc1ccc(OC)cc1. The van der Waals surface area contributed by atoms with Gasteiger partial charge in [0, 0.05) is 6.42 Å². The van der Waals surface area contributed by atoms with E-state index in [0.29, 0.717) is 12.8 Å². The van der Waals surface area contributed by atoms with Gasteiger partial charge in [-0.15, -0.1) is 6.42 Å². The molecule has 0 atom stereocenters. The molecule has 1 amide bonds. The van der Waals surface area contributed by atoms with Gasteiger partial charge in [-0.05, 0) is 38.0 Å². The van der Waals surface area contributed by atoms with Gasteiger partial charge in [0.25, 0.3) is 0 Å². The van der Waals surface area contributed by atoms with E-state index in [4.69, 9.17) is 11.2 Å². The Morgan fingerprint density at radius 3 is 2.50 bits per heavy atom. The lowest BCUT2D eigenvalue weighted by Crippen LogP contribution is -2.42. The summed E-state index contributed by atoms with van der Waals surface area (Å²) < 4.78 is 5.07. The Kier molecular flexibility index (Phi) is 4.79. The number of nitrogens with one attached hydrogen (secondary N) is 1. The zero-order valence-electron chi connectivity index (χ0n) is 11.1. The number of amides is 1. The number of ether oxygens (including phenoxy) is 1. The molecule has 0 saturated heterocycles. The highest BCUT2D eigenvalue weighted by atomic mass is 16.5. The quantitative estimate of drug-likeness (QED) is 0.807. The number of aryl methyl sites for hydroxylation is 1. The van der Waals surface area contributed by atoms with E-state index in [-0.39, 0.29) is 5.91 Å². The number of carbonyl (C=O) groups excluding carboxylic acids is 1. The van der Waals surface area contributed by atoms with Crippen LogP contribution in [0.2, 0.25) is 0 Å². The Bertz CT molecular complexity index is 441. The Balaban J connectivity index is 2.45. The third kappa shape index (κ3) is 4.50. The number of hydrogen-bond donors (Lipinski definition) is 1. The van der Waals surface area contributed by atoms with Gasteiger partial charge in [-0.25, -0.2) is 0 Å². The molecule has 0 bridgehead atoms. The van der Waals surface area contributed by atoms with Crippen molar-refractivity contribution < 1.29 is 9.53 Å². The van der Waals surface area contributed by atoms with Gasteiger partial charge >= 0.3 is 0 Å². The molecule has 0 unspecified atom stereocenters. The maximum atomic E-state index is 11.7. The topological polar surface area (TPSA) is 38.3 Å². The fourth-order valence-corrected chi connectivity index (χ4v) is 1.50. The summed E-state index contributed by atoms with van der Waals surface area (Å²) in [6.07, 6.45) is 6.43. The fraction of sp³-hybridized carbons (Fsp3) is 0.400. The number of methoxy groups -OCH3 is 1. The van der Waals surface area contributed by atoms with Crippen LogP contribution in [0.25, 0.3) is 0 Å². The number of carbonyl (C=O) groups is 1. The summed E-state index contributed by atoms with van der Waals surface area (Å²) in [5.74, 6) is 3.32. The second kappa shape index (κ2) is 6.11. The summed E-state index contributed by atoms with van der Waals surface area (Å²) in [5.41, 5.74) is 0.515. The standard InChI is InChI=1S/C15H19NO2/c1-5-15(2,3)16-14(17)11-8-12-6-9-13(18-4)10-7-12/h1,6-7,9-10H,8,11H2,2-4H3,(H,16,17). The van der Waals surface area contributed by atoms with Crippen molar-refractivity contribution in [2.75, 3.05) is 7.11 Å². The van der Waals surface area contributed by atoms with Gasteiger partial charge in [-0.3, -0.25) is 4.79 Å². The summed E-state index contributed by atoms with van der Waals surface area (Å²) >= 11 is 0. The monoisotopic (exact) mass is 245 g/mol. The molecule has 0 aliphatic rings. The second-order valence-corrected chi connectivity index (χ2v) is 4.67. The van der Waals surface area contributed by atoms with Crippen molar-refractivity contribution in [2.24, 2.45) is 0 Å². The van der Waals surface area contributed by atoms with Crippen LogP contribution in [0.1, 0.15) is 25.8 Å². The third-order valence-electron chi connectivity index (χ3n) is 2.61. The summed E-state index contributed by atoms with van der Waals surface area (Å²) in [6, 6.07) is 7.69. The Morgan fingerprint density at radius 2 is 2.00 bits per heavy atom. The predicted molar refractivity (Wildman–Crippen MR) is 72.4 cm³/mol. The predicted octanol–water partition coefficient (Wildman–Crippen LogP) is 2.16. The molecule has 0 spiro atoms. The van der Waals surface area contributed by atoms with E-state index < -0.39 is 5.54 Å². The fourth-order valence-electron chi connectivity index (χ4n) is 1.50. The minimum absolute atomic E-state index is 0.0335. The summed E-state index contributed by atoms with van der Waals surface area (Å²) in [7, 11) is 1.63. The van der Waals surface area contributed by atoms with Gasteiger partial charge < -0.3 is 10.1 Å². The molecule has 0 radical (unpaired) electrons. The number of terminal acetylenes is 1. The van der Waals surface area contributed by atoms with Crippen LogP contribution in [0, 0.1) is 12.3 Å². The summed E-state index contributed by atoms with van der Waals surface area (Å²) in [5, 5.41) is 2.80.